The quantitative estimate of drug-likeness (QED) is 0.204. The molecule has 0 saturated carbocycles. The number of pyridine rings is 2. The van der Waals surface area contributed by atoms with E-state index in [4.69, 9.17) is 19.4 Å². The number of aromatic nitrogens is 3. The molecule has 0 N–H and O–H groups in total. The molecule has 0 radical (unpaired) electrons. The fraction of sp³-hybridized carbons (Fsp3) is 0.0513. The van der Waals surface area contributed by atoms with Crippen LogP contribution in [0.1, 0.15) is 6.42 Å². The van der Waals surface area contributed by atoms with Gasteiger partial charge in [0, 0.05) is 62.1 Å². The van der Waals surface area contributed by atoms with Gasteiger partial charge in [-0.3, -0.25) is 15.0 Å². The summed E-state index contributed by atoms with van der Waals surface area (Å²) < 4.78 is 8.81. The largest absolute Gasteiger partial charge is 0.456 e. The van der Waals surface area contributed by atoms with Crippen LogP contribution in [0.15, 0.2) is 155 Å². The number of furan rings is 1. The molecule has 0 unspecified atom stereocenters. The Labute approximate surface area is 260 Å². The number of dihydropyridines is 1. The van der Waals surface area contributed by atoms with E-state index in [2.05, 4.69) is 126 Å². The maximum absolute atomic E-state index is 6.46. The van der Waals surface area contributed by atoms with E-state index in [0.717, 1.165) is 56.6 Å². The van der Waals surface area contributed by atoms with Gasteiger partial charge >= 0.3 is 0 Å². The molecule has 1 aliphatic rings. The van der Waals surface area contributed by atoms with Crippen molar-refractivity contribution in [2.75, 3.05) is 6.54 Å². The van der Waals surface area contributed by atoms with Gasteiger partial charge in [0.15, 0.2) is 0 Å². The number of para-hydroxylation sites is 2. The van der Waals surface area contributed by atoms with Gasteiger partial charge in [-0.2, -0.15) is 0 Å². The van der Waals surface area contributed by atoms with Crippen LogP contribution in [0.25, 0.3) is 49.4 Å². The third-order valence-electron chi connectivity index (χ3n) is 9.06. The average Bonchev–Trinajstić information content (AvgIpc) is 3.65. The van der Waals surface area contributed by atoms with E-state index in [9.17, 15) is 0 Å². The lowest BCUT2D eigenvalue weighted by Crippen LogP contribution is -2.74. The average molecular weight is 597 g/mol. The van der Waals surface area contributed by atoms with E-state index in [0.29, 0.717) is 0 Å². The Morgan fingerprint density at radius 1 is 0.600 bits per heavy atom. The Bertz CT molecular complexity index is 2350. The molecule has 0 spiro atoms. The van der Waals surface area contributed by atoms with Gasteiger partial charge in [-0.1, -0.05) is 60.7 Å². The number of hydrogen-bond acceptors (Lipinski definition) is 4. The smallest absolute Gasteiger partial charge is 0.243 e. The molecule has 5 nitrogen and oxygen atoms in total. The van der Waals surface area contributed by atoms with Crippen molar-refractivity contribution < 1.29 is 4.42 Å². The Hall–Kier alpha value is -5.59. The molecule has 0 atom stereocenters. The van der Waals surface area contributed by atoms with Crippen molar-refractivity contribution in [3.05, 3.63) is 146 Å². The lowest BCUT2D eigenvalue weighted by Gasteiger charge is -2.32. The Kier molecular flexibility index (Phi) is 5.89. The van der Waals surface area contributed by atoms with Gasteiger partial charge < -0.3 is 8.98 Å². The maximum atomic E-state index is 6.46. The minimum atomic E-state index is -2.95. The van der Waals surface area contributed by atoms with Crippen LogP contribution in [0.3, 0.4) is 0 Å². The predicted molar refractivity (Wildman–Crippen MR) is 187 cm³/mol. The summed E-state index contributed by atoms with van der Waals surface area (Å²) >= 11 is 0. The number of allylic oxidation sites excluding steroid dienone is 1. The molecule has 6 heteroatoms. The molecule has 5 heterocycles. The molecule has 1 aliphatic heterocycles. The van der Waals surface area contributed by atoms with E-state index in [1.807, 2.05) is 24.5 Å². The van der Waals surface area contributed by atoms with Gasteiger partial charge in [0.25, 0.3) is 0 Å². The highest BCUT2D eigenvalue weighted by Crippen LogP contribution is 2.35. The third kappa shape index (κ3) is 3.89. The first-order chi connectivity index (χ1) is 22.3. The summed E-state index contributed by atoms with van der Waals surface area (Å²) in [7, 11) is -2.95. The molecule has 0 saturated heterocycles. The second-order valence-corrected chi connectivity index (χ2v) is 15.1. The van der Waals surface area contributed by atoms with Gasteiger partial charge in [0.1, 0.15) is 11.2 Å². The Balaban J connectivity index is 1.33. The van der Waals surface area contributed by atoms with Crippen molar-refractivity contribution in [1.29, 1.82) is 0 Å². The van der Waals surface area contributed by atoms with Crippen LogP contribution < -0.4 is 15.8 Å². The van der Waals surface area contributed by atoms with Crippen LogP contribution >= 0.6 is 0 Å². The standard InChI is InChI=1S/C39H28N4OSi/c1-3-13-33-29(11-1)30-12-2-4-14-34(30)43(33)27-18-20-35-31(25-27)32-26-28(19-21-36(32)44-35)45(37-15-5-8-22-40-37,38-16-6-9-23-41-38)39-17-7-10-24-42-39/h1-9,11-23,25-26H,10,24H2. The highest BCUT2D eigenvalue weighted by atomic mass is 28.3. The van der Waals surface area contributed by atoms with Gasteiger partial charge in [-0.25, -0.2) is 0 Å². The van der Waals surface area contributed by atoms with Gasteiger partial charge in [-0.05, 0) is 84.4 Å². The van der Waals surface area contributed by atoms with Crippen molar-refractivity contribution in [1.82, 2.24) is 14.5 Å². The molecule has 4 aromatic carbocycles. The summed E-state index contributed by atoms with van der Waals surface area (Å²) in [4.78, 5) is 15.1. The zero-order chi connectivity index (χ0) is 29.8. The summed E-state index contributed by atoms with van der Waals surface area (Å²) in [6, 6.07) is 42.8. The molecule has 0 aliphatic carbocycles. The van der Waals surface area contributed by atoms with Crippen molar-refractivity contribution >= 4 is 73.0 Å². The van der Waals surface area contributed by atoms with Crippen molar-refractivity contribution in [3.63, 3.8) is 0 Å². The first-order valence-electron chi connectivity index (χ1n) is 15.3. The monoisotopic (exact) mass is 596 g/mol. The Morgan fingerprint density at radius 3 is 1.84 bits per heavy atom. The minimum Gasteiger partial charge on any atom is -0.456 e. The zero-order valence-corrected chi connectivity index (χ0v) is 25.5. The molecule has 4 aromatic heterocycles. The number of rotatable bonds is 5. The second kappa shape index (κ2) is 10.3. The lowest BCUT2D eigenvalue weighted by molar-refractivity contribution is 0.669. The Morgan fingerprint density at radius 2 is 1.22 bits per heavy atom. The van der Waals surface area contributed by atoms with Crippen LogP contribution in [0.2, 0.25) is 0 Å². The number of benzene rings is 4. The molecular formula is C39H28N4OSi. The van der Waals surface area contributed by atoms with E-state index < -0.39 is 8.07 Å². The summed E-state index contributed by atoms with van der Waals surface area (Å²) in [6.07, 6.45) is 9.15. The van der Waals surface area contributed by atoms with Gasteiger partial charge in [0.2, 0.25) is 8.07 Å². The molecule has 9 rings (SSSR count). The van der Waals surface area contributed by atoms with E-state index in [1.54, 1.807) is 0 Å². The fourth-order valence-electron chi connectivity index (χ4n) is 7.10. The first-order valence-corrected chi connectivity index (χ1v) is 17.3. The lowest BCUT2D eigenvalue weighted by atomic mass is 10.1. The van der Waals surface area contributed by atoms with E-state index in [-0.39, 0.29) is 0 Å². The summed E-state index contributed by atoms with van der Waals surface area (Å²) in [5, 5.41) is 8.95. The molecule has 214 valence electrons. The first kappa shape index (κ1) is 25.9. The van der Waals surface area contributed by atoms with Crippen LogP contribution in [0.4, 0.5) is 0 Å². The second-order valence-electron chi connectivity index (χ2n) is 11.5. The number of aliphatic imine (C=N–C) groups is 1. The van der Waals surface area contributed by atoms with Crippen LogP contribution in [0.5, 0.6) is 0 Å². The molecule has 0 bridgehead atoms. The molecule has 0 fully saturated rings. The SMILES string of the molecule is C1=CC([Si](c2ccc3oc4ccc(-n5c6ccccc6c6ccccc65)cc4c3c2)(c2ccccn2)c2ccccn2)=NCC1. The zero-order valence-electron chi connectivity index (χ0n) is 24.5. The van der Waals surface area contributed by atoms with Crippen LogP contribution in [-0.2, 0) is 0 Å². The predicted octanol–water partition coefficient (Wildman–Crippen LogP) is 6.88. The molecular weight excluding hydrogens is 569 g/mol. The third-order valence-corrected chi connectivity index (χ3v) is 13.5. The van der Waals surface area contributed by atoms with E-state index in [1.165, 1.54) is 27.0 Å². The fourth-order valence-corrected chi connectivity index (χ4v) is 11.4. The maximum Gasteiger partial charge on any atom is 0.243 e. The molecule has 0 amide bonds. The molecule has 8 aromatic rings. The summed E-state index contributed by atoms with van der Waals surface area (Å²) in [5.74, 6) is 0. The highest BCUT2D eigenvalue weighted by Gasteiger charge is 2.47. The van der Waals surface area contributed by atoms with Crippen molar-refractivity contribution in [2.45, 2.75) is 6.42 Å². The summed E-state index contributed by atoms with van der Waals surface area (Å²) in [6.45, 7) is 0.763. The van der Waals surface area contributed by atoms with Gasteiger partial charge in [-0.15, -0.1) is 0 Å². The van der Waals surface area contributed by atoms with Gasteiger partial charge in [0.05, 0.1) is 11.0 Å². The minimum absolute atomic E-state index is 0.763. The topological polar surface area (TPSA) is 56.2 Å². The van der Waals surface area contributed by atoms with Crippen LogP contribution in [0, 0.1) is 0 Å². The van der Waals surface area contributed by atoms with E-state index >= 15 is 0 Å². The summed E-state index contributed by atoms with van der Waals surface area (Å²) in [5.41, 5.74) is 5.20. The normalized spacial score (nSPS) is 13.6. The number of hydrogen-bond donors (Lipinski definition) is 0. The highest BCUT2D eigenvalue weighted by molar-refractivity contribution is 7.30. The number of nitrogens with zero attached hydrogens (tertiary/aromatic N) is 4. The molecule has 45 heavy (non-hydrogen) atoms. The number of fused-ring (bicyclic) bond motifs is 6. The van der Waals surface area contributed by atoms with Crippen LogP contribution in [-0.4, -0.2) is 34.5 Å². The van der Waals surface area contributed by atoms with Crippen molar-refractivity contribution in [3.8, 4) is 5.69 Å². The van der Waals surface area contributed by atoms with Crippen molar-refractivity contribution in [2.24, 2.45) is 4.99 Å².